The van der Waals surface area contributed by atoms with E-state index in [2.05, 4.69) is 55.2 Å². The lowest BCUT2D eigenvalue weighted by Crippen LogP contribution is -1.86. The second kappa shape index (κ2) is 8.24. The summed E-state index contributed by atoms with van der Waals surface area (Å²) in [6, 6.07) is 13.0. The number of nitriles is 1. The van der Waals surface area contributed by atoms with Crippen molar-refractivity contribution >= 4 is 34.3 Å². The number of thiazole rings is 1. The van der Waals surface area contributed by atoms with E-state index in [0.29, 0.717) is 5.57 Å². The van der Waals surface area contributed by atoms with Gasteiger partial charge < -0.3 is 0 Å². The molecule has 0 unspecified atom stereocenters. The molecule has 2 heterocycles. The number of aromatic nitrogens is 1. The molecule has 0 radical (unpaired) electrons. The molecule has 2 nitrogen and oxygen atoms in total. The zero-order valence-corrected chi connectivity index (χ0v) is 16.1. The Labute approximate surface area is 157 Å². The van der Waals surface area contributed by atoms with Crippen LogP contribution in [0.3, 0.4) is 0 Å². The van der Waals surface area contributed by atoms with Crippen LogP contribution in [0, 0.1) is 18.3 Å². The fourth-order valence-corrected chi connectivity index (χ4v) is 4.21. The Morgan fingerprint density at radius 2 is 2.00 bits per heavy atom. The molecule has 2 aromatic heterocycles. The first-order valence-electron chi connectivity index (χ1n) is 8.42. The Hall–Kier alpha value is -2.22. The van der Waals surface area contributed by atoms with Gasteiger partial charge in [-0.2, -0.15) is 5.26 Å². The van der Waals surface area contributed by atoms with Gasteiger partial charge in [-0.25, -0.2) is 4.98 Å². The third-order valence-electron chi connectivity index (χ3n) is 4.10. The molecule has 0 N–H and O–H groups in total. The molecule has 1 aromatic carbocycles. The Morgan fingerprint density at radius 1 is 1.20 bits per heavy atom. The summed E-state index contributed by atoms with van der Waals surface area (Å²) in [4.78, 5) is 5.81. The van der Waals surface area contributed by atoms with Crippen LogP contribution in [0.25, 0.3) is 22.9 Å². The van der Waals surface area contributed by atoms with Gasteiger partial charge in [0.25, 0.3) is 0 Å². The van der Waals surface area contributed by atoms with E-state index >= 15 is 0 Å². The lowest BCUT2D eigenvalue weighted by atomic mass is 10.1. The molecule has 0 aliphatic heterocycles. The Bertz CT molecular complexity index is 908. The van der Waals surface area contributed by atoms with Gasteiger partial charge in [0.05, 0.1) is 11.3 Å². The molecular formula is C21H20N2S2. The van der Waals surface area contributed by atoms with Crippen molar-refractivity contribution < 1.29 is 0 Å². The number of hydrogen-bond acceptors (Lipinski definition) is 4. The summed E-state index contributed by atoms with van der Waals surface area (Å²) >= 11 is 3.17. The molecule has 0 spiro atoms. The summed E-state index contributed by atoms with van der Waals surface area (Å²) in [6.07, 6.45) is 5.50. The number of hydrogen-bond donors (Lipinski definition) is 0. The maximum atomic E-state index is 9.52. The number of rotatable bonds is 6. The molecule has 0 saturated carbocycles. The highest BCUT2D eigenvalue weighted by Gasteiger charge is 2.10. The predicted molar refractivity (Wildman–Crippen MR) is 109 cm³/mol. The van der Waals surface area contributed by atoms with Gasteiger partial charge in [-0.15, -0.1) is 22.7 Å². The standard InChI is InChI=1S/C21H20N2S2/c1-3-4-5-16-6-8-17(9-7-16)19-14-25-21(23-19)18(13-22)12-20-15(2)10-11-24-20/h6-12,14H,3-5H2,1-2H3/b18-12-. The molecule has 0 aliphatic carbocycles. The van der Waals surface area contributed by atoms with Crippen LogP contribution in [0.15, 0.2) is 41.1 Å². The van der Waals surface area contributed by atoms with E-state index in [4.69, 9.17) is 0 Å². The van der Waals surface area contributed by atoms with Crippen LogP contribution in [0.1, 0.15) is 40.8 Å². The lowest BCUT2D eigenvalue weighted by molar-refractivity contribution is 0.795. The minimum Gasteiger partial charge on any atom is -0.235 e. The number of aryl methyl sites for hydroxylation is 2. The molecule has 3 rings (SSSR count). The molecule has 126 valence electrons. The van der Waals surface area contributed by atoms with Crippen molar-refractivity contribution in [2.24, 2.45) is 0 Å². The number of allylic oxidation sites excluding steroid dienone is 1. The third-order valence-corrected chi connectivity index (χ3v) is 5.94. The van der Waals surface area contributed by atoms with Gasteiger partial charge >= 0.3 is 0 Å². The summed E-state index contributed by atoms with van der Waals surface area (Å²) in [6.45, 7) is 4.27. The van der Waals surface area contributed by atoms with Gasteiger partial charge in [-0.05, 0) is 48.4 Å². The van der Waals surface area contributed by atoms with Crippen LogP contribution >= 0.6 is 22.7 Å². The van der Waals surface area contributed by atoms with E-state index in [0.717, 1.165) is 27.6 Å². The Kier molecular flexibility index (Phi) is 5.80. The van der Waals surface area contributed by atoms with Crippen LogP contribution in [-0.4, -0.2) is 4.98 Å². The summed E-state index contributed by atoms with van der Waals surface area (Å²) in [5, 5.41) is 14.4. The molecule has 0 atom stereocenters. The summed E-state index contributed by atoms with van der Waals surface area (Å²) < 4.78 is 0. The Balaban J connectivity index is 1.83. The van der Waals surface area contributed by atoms with Gasteiger partial charge in [0.2, 0.25) is 0 Å². The van der Waals surface area contributed by atoms with Crippen LogP contribution < -0.4 is 0 Å². The van der Waals surface area contributed by atoms with E-state index in [1.165, 1.54) is 35.3 Å². The molecule has 0 amide bonds. The topological polar surface area (TPSA) is 36.7 Å². The third kappa shape index (κ3) is 4.25. The van der Waals surface area contributed by atoms with Gasteiger partial charge in [-0.3, -0.25) is 0 Å². The summed E-state index contributed by atoms with van der Waals surface area (Å²) in [5.74, 6) is 0. The second-order valence-corrected chi connectivity index (χ2v) is 7.78. The van der Waals surface area contributed by atoms with E-state index in [1.807, 2.05) is 16.8 Å². The van der Waals surface area contributed by atoms with Crippen LogP contribution in [0.5, 0.6) is 0 Å². The molecule has 0 aliphatic rings. The lowest BCUT2D eigenvalue weighted by Gasteiger charge is -2.01. The van der Waals surface area contributed by atoms with Gasteiger partial charge in [0.1, 0.15) is 11.1 Å². The SMILES string of the molecule is CCCCc1ccc(-c2csc(/C(C#N)=C\c3sccc3C)n2)cc1. The Morgan fingerprint density at radius 3 is 2.64 bits per heavy atom. The first-order chi connectivity index (χ1) is 12.2. The molecular weight excluding hydrogens is 344 g/mol. The van der Waals surface area contributed by atoms with Gasteiger partial charge in [0, 0.05) is 15.8 Å². The molecule has 0 fully saturated rings. The molecule has 3 aromatic rings. The van der Waals surface area contributed by atoms with Gasteiger partial charge in [0.15, 0.2) is 0 Å². The molecule has 0 bridgehead atoms. The van der Waals surface area contributed by atoms with Crippen molar-refractivity contribution in [3.05, 3.63) is 62.1 Å². The summed E-state index contributed by atoms with van der Waals surface area (Å²) in [5.41, 5.74) is 5.23. The second-order valence-electron chi connectivity index (χ2n) is 5.98. The quantitative estimate of drug-likeness (QED) is 0.463. The fourth-order valence-electron chi connectivity index (χ4n) is 2.56. The minimum atomic E-state index is 0.626. The van der Waals surface area contributed by atoms with Crippen molar-refractivity contribution in [2.45, 2.75) is 33.1 Å². The van der Waals surface area contributed by atoms with Gasteiger partial charge in [-0.1, -0.05) is 37.6 Å². The zero-order chi connectivity index (χ0) is 17.6. The first-order valence-corrected chi connectivity index (χ1v) is 10.2. The first kappa shape index (κ1) is 17.6. The predicted octanol–water partition coefficient (Wildman–Crippen LogP) is 6.59. The van der Waals surface area contributed by atoms with Crippen molar-refractivity contribution in [1.82, 2.24) is 4.98 Å². The highest BCUT2D eigenvalue weighted by atomic mass is 32.1. The van der Waals surface area contributed by atoms with Crippen molar-refractivity contribution in [1.29, 1.82) is 5.26 Å². The normalized spacial score (nSPS) is 11.5. The van der Waals surface area contributed by atoms with E-state index in [1.54, 1.807) is 11.3 Å². The zero-order valence-electron chi connectivity index (χ0n) is 14.5. The van der Waals surface area contributed by atoms with Crippen molar-refractivity contribution in [2.75, 3.05) is 0 Å². The van der Waals surface area contributed by atoms with E-state index in [-0.39, 0.29) is 0 Å². The highest BCUT2D eigenvalue weighted by Crippen LogP contribution is 2.29. The molecule has 4 heteroatoms. The van der Waals surface area contributed by atoms with Crippen LogP contribution in [0.4, 0.5) is 0 Å². The monoisotopic (exact) mass is 364 g/mol. The average Bonchev–Trinajstić information content (AvgIpc) is 3.28. The minimum absolute atomic E-state index is 0.626. The summed E-state index contributed by atoms with van der Waals surface area (Å²) in [7, 11) is 0. The smallest absolute Gasteiger partial charge is 0.134 e. The number of nitrogens with zero attached hydrogens (tertiary/aromatic N) is 2. The van der Waals surface area contributed by atoms with Crippen molar-refractivity contribution in [3.8, 4) is 17.3 Å². The fraction of sp³-hybridized carbons (Fsp3) is 0.238. The van der Waals surface area contributed by atoms with Crippen LogP contribution in [0.2, 0.25) is 0 Å². The number of thiophene rings is 1. The maximum Gasteiger partial charge on any atom is 0.134 e. The van der Waals surface area contributed by atoms with Crippen molar-refractivity contribution in [3.63, 3.8) is 0 Å². The molecule has 25 heavy (non-hydrogen) atoms. The largest absolute Gasteiger partial charge is 0.235 e. The highest BCUT2D eigenvalue weighted by molar-refractivity contribution is 7.12. The number of unbranched alkanes of at least 4 members (excludes halogenated alkanes) is 1. The molecule has 0 saturated heterocycles. The number of benzene rings is 1. The average molecular weight is 365 g/mol. The van der Waals surface area contributed by atoms with Crippen LogP contribution in [-0.2, 0) is 6.42 Å². The van der Waals surface area contributed by atoms with E-state index in [9.17, 15) is 5.26 Å². The van der Waals surface area contributed by atoms with E-state index < -0.39 is 0 Å². The maximum absolute atomic E-state index is 9.52.